The Hall–Kier alpha value is -2.77. The van der Waals surface area contributed by atoms with Gasteiger partial charge in [-0.2, -0.15) is 0 Å². The lowest BCUT2D eigenvalue weighted by Crippen LogP contribution is -2.58. The number of amides is 3. The first-order valence-electron chi connectivity index (χ1n) is 17.5. The third-order valence-corrected chi connectivity index (χ3v) is 13.8. The molecule has 45 heavy (non-hydrogen) atoms. The lowest BCUT2D eigenvalue weighted by Gasteiger charge is -2.62. The van der Waals surface area contributed by atoms with Crippen molar-refractivity contribution in [1.82, 2.24) is 10.2 Å². The lowest BCUT2D eigenvalue weighted by atomic mass is 9.43. The van der Waals surface area contributed by atoms with Crippen LogP contribution >= 0.6 is 0 Å². The zero-order valence-electron chi connectivity index (χ0n) is 27.1. The van der Waals surface area contributed by atoms with E-state index < -0.39 is 0 Å². The maximum Gasteiger partial charge on any atom is 0.261 e. The minimum Gasteiger partial charge on any atom is -0.393 e. The number of rotatable bonds is 7. The van der Waals surface area contributed by atoms with E-state index in [-0.39, 0.29) is 53.8 Å². The summed E-state index contributed by atoms with van der Waals surface area (Å²) in [7, 11) is 0. The van der Waals surface area contributed by atoms with Crippen molar-refractivity contribution in [2.24, 2.45) is 46.3 Å². The minimum absolute atomic E-state index is 0.0593. The van der Waals surface area contributed by atoms with E-state index in [1.807, 2.05) is 24.3 Å². The van der Waals surface area contributed by atoms with Crippen LogP contribution in [0, 0.1) is 46.3 Å². The van der Waals surface area contributed by atoms with Crippen molar-refractivity contribution >= 4 is 28.5 Å². The number of carbonyl (C=O) groups is 3. The van der Waals surface area contributed by atoms with Gasteiger partial charge in [0.15, 0.2) is 0 Å². The molecule has 242 valence electrons. The van der Waals surface area contributed by atoms with Crippen LogP contribution in [0.5, 0.6) is 0 Å². The Labute approximate surface area is 267 Å². The number of nitrogens with one attached hydrogen (secondary N) is 1. The molecule has 0 spiro atoms. The molecule has 2 aromatic rings. The minimum atomic E-state index is -0.328. The number of nitrogens with zero attached hydrogens (tertiary/aromatic N) is 1. The monoisotopic (exact) mass is 614 g/mol. The van der Waals surface area contributed by atoms with Gasteiger partial charge in [0.25, 0.3) is 11.8 Å². The van der Waals surface area contributed by atoms with E-state index in [9.17, 15) is 24.6 Å². The molecule has 0 radical (unpaired) electrons. The summed E-state index contributed by atoms with van der Waals surface area (Å²) in [6, 6.07) is 11.0. The molecule has 0 saturated heterocycles. The number of carbonyl (C=O) groups excluding carboxylic acids is 3. The topological polar surface area (TPSA) is 107 Å². The van der Waals surface area contributed by atoms with Gasteiger partial charge in [0, 0.05) is 36.0 Å². The highest BCUT2D eigenvalue weighted by Gasteiger charge is 2.63. The van der Waals surface area contributed by atoms with Crippen LogP contribution in [0.1, 0.15) is 106 Å². The molecular weight excluding hydrogens is 564 g/mol. The Kier molecular flexibility index (Phi) is 7.88. The molecular formula is C38H50N2O5. The first-order chi connectivity index (χ1) is 21.5. The summed E-state index contributed by atoms with van der Waals surface area (Å²) in [6.45, 7) is 7.43. The number of imide groups is 1. The molecule has 7 nitrogen and oxygen atoms in total. The molecule has 0 bridgehead atoms. The van der Waals surface area contributed by atoms with Gasteiger partial charge in [-0.05, 0) is 122 Å². The van der Waals surface area contributed by atoms with Gasteiger partial charge in [-0.1, -0.05) is 45.0 Å². The molecule has 1 heterocycles. The Balaban J connectivity index is 0.940. The van der Waals surface area contributed by atoms with E-state index in [0.717, 1.165) is 50.3 Å². The van der Waals surface area contributed by atoms with Crippen LogP contribution in [-0.2, 0) is 4.79 Å². The molecule has 7 heteroatoms. The third-order valence-electron chi connectivity index (χ3n) is 13.8. The fourth-order valence-corrected chi connectivity index (χ4v) is 11.4. The summed E-state index contributed by atoms with van der Waals surface area (Å²) >= 11 is 0. The number of aliphatic hydroxyl groups is 2. The van der Waals surface area contributed by atoms with Crippen molar-refractivity contribution < 1.29 is 24.6 Å². The van der Waals surface area contributed by atoms with E-state index in [0.29, 0.717) is 58.4 Å². The van der Waals surface area contributed by atoms with E-state index in [2.05, 4.69) is 26.1 Å². The first-order valence-corrected chi connectivity index (χ1v) is 17.5. The van der Waals surface area contributed by atoms with Crippen molar-refractivity contribution in [3.05, 3.63) is 47.5 Å². The van der Waals surface area contributed by atoms with E-state index in [4.69, 9.17) is 0 Å². The van der Waals surface area contributed by atoms with Crippen LogP contribution < -0.4 is 5.32 Å². The highest BCUT2D eigenvalue weighted by molar-refractivity contribution is 6.25. The summed E-state index contributed by atoms with van der Waals surface area (Å²) in [6.07, 6.45) is 9.13. The van der Waals surface area contributed by atoms with Gasteiger partial charge in [-0.3, -0.25) is 19.3 Å². The molecule has 4 saturated carbocycles. The molecule has 0 aromatic heterocycles. The van der Waals surface area contributed by atoms with Crippen LogP contribution in [0.2, 0.25) is 0 Å². The summed E-state index contributed by atoms with van der Waals surface area (Å²) in [5.74, 6) is 2.30. The smallest absolute Gasteiger partial charge is 0.261 e. The van der Waals surface area contributed by atoms with Crippen LogP contribution in [-0.4, -0.2) is 58.1 Å². The van der Waals surface area contributed by atoms with Gasteiger partial charge in [0.05, 0.1) is 12.2 Å². The summed E-state index contributed by atoms with van der Waals surface area (Å²) in [5, 5.41) is 26.7. The maximum absolute atomic E-state index is 13.2. The fraction of sp³-hybridized carbons (Fsp3) is 0.658. The van der Waals surface area contributed by atoms with Gasteiger partial charge in [0.1, 0.15) is 0 Å². The second-order valence-corrected chi connectivity index (χ2v) is 15.7. The van der Waals surface area contributed by atoms with Gasteiger partial charge < -0.3 is 15.5 Å². The normalized spacial score (nSPS) is 38.0. The number of aliphatic hydroxyl groups excluding tert-OH is 2. The second-order valence-electron chi connectivity index (χ2n) is 15.7. The molecule has 2 aromatic carbocycles. The van der Waals surface area contributed by atoms with E-state index in [1.165, 1.54) is 17.7 Å². The number of fused-ring (bicyclic) bond motifs is 5. The Bertz CT molecular complexity index is 1460. The molecule has 3 N–H and O–H groups in total. The predicted molar refractivity (Wildman–Crippen MR) is 173 cm³/mol. The molecule has 4 aliphatic carbocycles. The van der Waals surface area contributed by atoms with Crippen molar-refractivity contribution in [2.45, 2.75) is 97.2 Å². The average molecular weight is 615 g/mol. The molecule has 10 atom stereocenters. The Morgan fingerprint density at radius 3 is 2.38 bits per heavy atom. The predicted octanol–water partition coefficient (Wildman–Crippen LogP) is 5.96. The summed E-state index contributed by atoms with van der Waals surface area (Å²) < 4.78 is 0. The SMILES string of the molecule is CC(CCC(=O)NCCN1C(=O)c2cccc3cccc(c23)C1=O)C1CCC2C3CCC4CC(O)CCC4(C)C3CC(O)C12C. The van der Waals surface area contributed by atoms with Crippen LogP contribution in [0.3, 0.4) is 0 Å². The average Bonchev–Trinajstić information content (AvgIpc) is 3.39. The van der Waals surface area contributed by atoms with Crippen molar-refractivity contribution in [1.29, 1.82) is 0 Å². The Morgan fingerprint density at radius 2 is 1.67 bits per heavy atom. The molecule has 3 amide bonds. The third kappa shape index (κ3) is 4.86. The van der Waals surface area contributed by atoms with E-state index in [1.54, 1.807) is 12.1 Å². The summed E-state index contributed by atoms with van der Waals surface area (Å²) in [5.41, 5.74) is 1.17. The fourth-order valence-electron chi connectivity index (χ4n) is 11.4. The number of hydrogen-bond acceptors (Lipinski definition) is 5. The highest BCUT2D eigenvalue weighted by atomic mass is 16.3. The quantitative estimate of drug-likeness (QED) is 0.334. The second kappa shape index (κ2) is 11.5. The zero-order valence-corrected chi connectivity index (χ0v) is 27.1. The lowest BCUT2D eigenvalue weighted by molar-refractivity contribution is -0.174. The van der Waals surface area contributed by atoms with Crippen molar-refractivity contribution in [3.63, 3.8) is 0 Å². The van der Waals surface area contributed by atoms with Crippen LogP contribution in [0.4, 0.5) is 0 Å². The molecule has 7 rings (SSSR count). The molecule has 5 aliphatic rings. The van der Waals surface area contributed by atoms with Crippen LogP contribution in [0.15, 0.2) is 36.4 Å². The maximum atomic E-state index is 13.2. The zero-order chi connectivity index (χ0) is 31.7. The van der Waals surface area contributed by atoms with Crippen molar-refractivity contribution in [3.8, 4) is 0 Å². The van der Waals surface area contributed by atoms with Crippen LogP contribution in [0.25, 0.3) is 10.8 Å². The van der Waals surface area contributed by atoms with Gasteiger partial charge in [-0.15, -0.1) is 0 Å². The standard InChI is InChI=1S/C38H50N2O5/c1-22(10-15-33(43)39-18-19-40-35(44)27-8-4-6-23-7-5-9-28(34(23)27)36(40)45)29-13-14-30-26-12-11-24-20-25(41)16-17-37(24,2)31(26)21-32(42)38(29,30)3/h4-9,22,24-26,29-32,41-42H,10-21H2,1-3H3,(H,39,43). The largest absolute Gasteiger partial charge is 0.393 e. The number of hydrogen-bond donors (Lipinski definition) is 3. The molecule has 1 aliphatic heterocycles. The molecule has 4 fully saturated rings. The van der Waals surface area contributed by atoms with Gasteiger partial charge in [0.2, 0.25) is 5.91 Å². The summed E-state index contributed by atoms with van der Waals surface area (Å²) in [4.78, 5) is 40.6. The van der Waals surface area contributed by atoms with E-state index >= 15 is 0 Å². The first kappa shape index (κ1) is 30.9. The van der Waals surface area contributed by atoms with Gasteiger partial charge in [-0.25, -0.2) is 0 Å². The molecule has 10 unspecified atom stereocenters. The number of benzene rings is 2. The van der Waals surface area contributed by atoms with Crippen molar-refractivity contribution in [2.75, 3.05) is 13.1 Å². The van der Waals surface area contributed by atoms with Gasteiger partial charge >= 0.3 is 0 Å². The Morgan fingerprint density at radius 1 is 0.956 bits per heavy atom. The highest BCUT2D eigenvalue weighted by Crippen LogP contribution is 2.68.